The lowest BCUT2D eigenvalue weighted by molar-refractivity contribution is -0.217. The van der Waals surface area contributed by atoms with Crippen LogP contribution < -0.4 is 0 Å². The summed E-state index contributed by atoms with van der Waals surface area (Å²) in [5, 5.41) is 0. The van der Waals surface area contributed by atoms with Crippen LogP contribution in [0, 0.1) is 5.92 Å². The first-order valence-corrected chi connectivity index (χ1v) is 7.36. The Morgan fingerprint density at radius 1 is 1.40 bits per heavy atom. The van der Waals surface area contributed by atoms with E-state index in [1.165, 1.54) is 0 Å². The van der Waals surface area contributed by atoms with E-state index in [0.717, 1.165) is 0 Å². The summed E-state index contributed by atoms with van der Waals surface area (Å²) in [5.74, 6) is -5.01. The maximum atomic E-state index is 12.5. The highest BCUT2D eigenvalue weighted by atomic mass is 32.2. The molecule has 0 aliphatic heterocycles. The van der Waals surface area contributed by atoms with Gasteiger partial charge in [-0.2, -0.15) is 21.6 Å². The summed E-state index contributed by atoms with van der Waals surface area (Å²) in [6.45, 7) is 0. The number of carbonyl (C=O) groups is 2. The Labute approximate surface area is 113 Å². The number of alkyl halides is 3. The van der Waals surface area contributed by atoms with E-state index in [1.807, 2.05) is 0 Å². The number of carbonyl (C=O) groups excluding carboxylic acids is 2. The number of hydrogen-bond donors (Lipinski definition) is 1. The van der Waals surface area contributed by atoms with Crippen LogP contribution in [0.4, 0.5) is 13.2 Å². The number of Topliss-reactive ketones (excluding diaryl/α,β-unsaturated/α-hetero) is 1. The Morgan fingerprint density at radius 2 is 2.00 bits per heavy atom. The van der Waals surface area contributed by atoms with Crippen molar-refractivity contribution in [2.75, 3.05) is 5.75 Å². The van der Waals surface area contributed by atoms with Crippen LogP contribution in [0.25, 0.3) is 0 Å². The van der Waals surface area contributed by atoms with E-state index < -0.39 is 45.8 Å². The first-order chi connectivity index (χ1) is 9.00. The highest BCUT2D eigenvalue weighted by Crippen LogP contribution is 2.27. The summed E-state index contributed by atoms with van der Waals surface area (Å²) < 4.78 is 71.1. The Balaban J connectivity index is 2.79. The van der Waals surface area contributed by atoms with Gasteiger partial charge >= 0.3 is 12.1 Å². The van der Waals surface area contributed by atoms with Crippen molar-refractivity contribution in [1.82, 2.24) is 0 Å². The maximum Gasteiger partial charge on any atom is 0.426 e. The second-order valence-electron chi connectivity index (χ2n) is 4.48. The van der Waals surface area contributed by atoms with Crippen molar-refractivity contribution in [2.45, 2.75) is 38.0 Å². The average molecular weight is 318 g/mol. The quantitative estimate of drug-likeness (QED) is 0.474. The van der Waals surface area contributed by atoms with Crippen molar-refractivity contribution in [2.24, 2.45) is 5.92 Å². The fourth-order valence-electron chi connectivity index (χ4n) is 1.84. The third-order valence-corrected chi connectivity index (χ3v) is 3.55. The Hall–Kier alpha value is -1.16. The van der Waals surface area contributed by atoms with E-state index in [0.29, 0.717) is 12.8 Å². The number of esters is 1. The van der Waals surface area contributed by atoms with E-state index in [2.05, 4.69) is 4.74 Å². The molecule has 20 heavy (non-hydrogen) atoms. The largest absolute Gasteiger partial charge is 0.451 e. The molecular formula is C10H13F3O6S. The molecule has 0 heterocycles. The van der Waals surface area contributed by atoms with Crippen molar-refractivity contribution in [3.05, 3.63) is 0 Å². The van der Waals surface area contributed by atoms with Gasteiger partial charge in [-0.15, -0.1) is 0 Å². The highest BCUT2D eigenvalue weighted by Gasteiger charge is 2.46. The molecule has 116 valence electrons. The number of ketones is 1. The standard InChI is InChI=1S/C10H13F3O6S/c11-10(12,13)8(5-20(16,17)18)19-9(15)6-3-1-2-4-7(6)14/h6,8H,1-5H2,(H,16,17,18). The van der Waals surface area contributed by atoms with Gasteiger partial charge in [-0.05, 0) is 12.8 Å². The Kier molecular flexibility index (Phi) is 5.14. The monoisotopic (exact) mass is 318 g/mol. The molecule has 1 aliphatic rings. The molecule has 1 fully saturated rings. The summed E-state index contributed by atoms with van der Waals surface area (Å²) in [4.78, 5) is 22.9. The molecule has 0 bridgehead atoms. The Morgan fingerprint density at radius 3 is 2.45 bits per heavy atom. The van der Waals surface area contributed by atoms with Gasteiger partial charge in [-0.25, -0.2) is 0 Å². The predicted octanol–water partition coefficient (Wildman–Crippen LogP) is 1.11. The first kappa shape index (κ1) is 16.9. The van der Waals surface area contributed by atoms with E-state index in [-0.39, 0.29) is 12.8 Å². The zero-order chi connectivity index (χ0) is 15.6. The van der Waals surface area contributed by atoms with Gasteiger partial charge in [0.05, 0.1) is 0 Å². The third-order valence-electron chi connectivity index (χ3n) is 2.82. The van der Waals surface area contributed by atoms with Crippen molar-refractivity contribution in [1.29, 1.82) is 0 Å². The molecule has 1 N–H and O–H groups in total. The molecule has 0 aromatic heterocycles. The average Bonchev–Trinajstić information content (AvgIpc) is 2.25. The van der Waals surface area contributed by atoms with Crippen molar-refractivity contribution in [3.8, 4) is 0 Å². The van der Waals surface area contributed by atoms with E-state index in [1.54, 1.807) is 0 Å². The number of halogens is 3. The van der Waals surface area contributed by atoms with Crippen LogP contribution in [0.15, 0.2) is 0 Å². The minimum Gasteiger partial charge on any atom is -0.451 e. The second-order valence-corrected chi connectivity index (χ2v) is 5.98. The van der Waals surface area contributed by atoms with E-state index in [4.69, 9.17) is 4.55 Å². The van der Waals surface area contributed by atoms with E-state index >= 15 is 0 Å². The lowest BCUT2D eigenvalue weighted by Gasteiger charge is -2.24. The lowest BCUT2D eigenvalue weighted by atomic mass is 9.88. The molecule has 2 unspecified atom stereocenters. The second kappa shape index (κ2) is 6.08. The molecule has 6 nitrogen and oxygen atoms in total. The van der Waals surface area contributed by atoms with Crippen molar-refractivity contribution >= 4 is 21.9 Å². The van der Waals surface area contributed by atoms with Crippen LogP contribution in [-0.4, -0.2) is 42.8 Å². The van der Waals surface area contributed by atoms with Crippen molar-refractivity contribution in [3.63, 3.8) is 0 Å². The molecular weight excluding hydrogens is 305 g/mol. The van der Waals surface area contributed by atoms with Gasteiger partial charge in [0.25, 0.3) is 10.1 Å². The number of ether oxygens (including phenoxy) is 1. The topological polar surface area (TPSA) is 97.7 Å². The molecule has 1 rings (SSSR count). The molecule has 0 radical (unpaired) electrons. The summed E-state index contributed by atoms with van der Waals surface area (Å²) in [6.07, 6.45) is -6.93. The summed E-state index contributed by atoms with van der Waals surface area (Å²) in [5.41, 5.74) is 0. The summed E-state index contributed by atoms with van der Waals surface area (Å²) >= 11 is 0. The SMILES string of the molecule is O=C1CCCCC1C(=O)OC(CS(=O)(=O)O)C(F)(F)F. The molecule has 10 heteroatoms. The molecule has 0 aromatic carbocycles. The van der Waals surface area contributed by atoms with Gasteiger partial charge in [0, 0.05) is 6.42 Å². The van der Waals surface area contributed by atoms with Crippen LogP contribution in [0.5, 0.6) is 0 Å². The fourth-order valence-corrected chi connectivity index (χ4v) is 2.48. The summed E-state index contributed by atoms with van der Waals surface area (Å²) in [7, 11) is -4.98. The van der Waals surface area contributed by atoms with Gasteiger partial charge in [0.2, 0.25) is 6.10 Å². The molecule has 1 aliphatic carbocycles. The van der Waals surface area contributed by atoms with E-state index in [9.17, 15) is 31.2 Å². The normalized spacial score (nSPS) is 22.4. The van der Waals surface area contributed by atoms with Gasteiger partial charge in [-0.1, -0.05) is 6.42 Å². The van der Waals surface area contributed by atoms with Crippen LogP contribution >= 0.6 is 0 Å². The van der Waals surface area contributed by atoms with Gasteiger partial charge in [-0.3, -0.25) is 14.1 Å². The van der Waals surface area contributed by atoms with Crippen LogP contribution in [0.2, 0.25) is 0 Å². The Bertz CT molecular complexity index is 484. The smallest absolute Gasteiger partial charge is 0.426 e. The van der Waals surface area contributed by atoms with Gasteiger partial charge in [0.1, 0.15) is 17.5 Å². The summed E-state index contributed by atoms with van der Waals surface area (Å²) in [6, 6.07) is 0. The van der Waals surface area contributed by atoms with Crippen LogP contribution in [0.3, 0.4) is 0 Å². The van der Waals surface area contributed by atoms with Gasteiger partial charge < -0.3 is 4.74 Å². The molecule has 0 spiro atoms. The zero-order valence-electron chi connectivity index (χ0n) is 10.2. The van der Waals surface area contributed by atoms with Crippen molar-refractivity contribution < 1.29 is 40.5 Å². The molecule has 2 atom stereocenters. The van der Waals surface area contributed by atoms with Gasteiger partial charge in [0.15, 0.2) is 0 Å². The predicted molar refractivity (Wildman–Crippen MR) is 59.3 cm³/mol. The minimum absolute atomic E-state index is 0.0775. The third kappa shape index (κ3) is 5.08. The maximum absolute atomic E-state index is 12.5. The first-order valence-electron chi connectivity index (χ1n) is 5.76. The molecule has 0 saturated heterocycles. The van der Waals surface area contributed by atoms with Crippen LogP contribution in [-0.2, 0) is 24.4 Å². The minimum atomic E-state index is -5.15. The molecule has 0 amide bonds. The van der Waals surface area contributed by atoms with Crippen LogP contribution in [0.1, 0.15) is 25.7 Å². The number of rotatable bonds is 4. The molecule has 1 saturated carbocycles. The lowest BCUT2D eigenvalue weighted by Crippen LogP contribution is -2.42. The number of hydrogen-bond acceptors (Lipinski definition) is 5. The fraction of sp³-hybridized carbons (Fsp3) is 0.800. The molecule has 0 aromatic rings. The zero-order valence-corrected chi connectivity index (χ0v) is 11.0. The highest BCUT2D eigenvalue weighted by molar-refractivity contribution is 7.85.